The second-order valence-corrected chi connectivity index (χ2v) is 11.8. The zero-order valence-corrected chi connectivity index (χ0v) is 27.0. The number of carboxylic acid groups (broad SMARTS) is 1. The summed E-state index contributed by atoms with van der Waals surface area (Å²) in [5, 5.41) is 129. The molecule has 0 bridgehead atoms. The maximum Gasteiger partial charge on any atom is 0.364 e. The van der Waals surface area contributed by atoms with E-state index in [1.54, 1.807) is 0 Å². The van der Waals surface area contributed by atoms with Gasteiger partial charge in [-0.25, -0.2) is 4.79 Å². The van der Waals surface area contributed by atoms with Gasteiger partial charge < -0.3 is 96.2 Å². The van der Waals surface area contributed by atoms with Gasteiger partial charge in [-0.1, -0.05) is 0 Å². The number of rotatable bonds is 18. The average molecular weight is 734 g/mol. The van der Waals surface area contributed by atoms with Gasteiger partial charge in [0.25, 0.3) is 5.79 Å². The van der Waals surface area contributed by atoms with E-state index < -0.39 is 154 Å². The molecule has 0 aromatic heterocycles. The Morgan fingerprint density at radius 2 is 1.52 bits per heavy atom. The summed E-state index contributed by atoms with van der Waals surface area (Å²) >= 11 is 0. The maximum atomic E-state index is 12.5. The van der Waals surface area contributed by atoms with E-state index in [9.17, 15) is 75.3 Å². The zero-order chi connectivity index (χ0) is 38.1. The summed E-state index contributed by atoms with van der Waals surface area (Å²) < 4.78 is 21.9. The summed E-state index contributed by atoms with van der Waals surface area (Å²) in [6, 6.07) is -4.86. The molecule has 290 valence electrons. The molecule has 0 aromatic carbocycles. The Morgan fingerprint density at radius 1 is 0.880 bits per heavy atom. The molecule has 2 aliphatic rings. The molecule has 0 radical (unpaired) electrons. The number of nitrogens with one attached hydrogen (secondary N) is 3. The molecule has 2 heterocycles. The highest BCUT2D eigenvalue weighted by molar-refractivity contribution is 5.78. The number of hydrogen-bond acceptors (Lipinski definition) is 19. The topological polar surface area (TPSA) is 384 Å². The standard InChI is InChI=1S/C27H47N3O20/c1-9(35)28-11(4-31)23(49-25-18(29-10(2)36)22(44)21(43)15(6-33)48-25)20(42)14(39)8-47-27(26(45)46)3-12(37)17(30-16(40)7-34)24(50-27)19(41)13(38)5-32/h11-15,17-25,31-34,37-39,41-44H,3-8H2,1-2H3,(H,28,35)(H,29,36)(H,30,40)(H,45,46)/t11-,12-,13+,14+,15+,17+,18+,19+,20-,21-,22+,23+,24+,25-,27+/m0/s1. The predicted octanol–water partition coefficient (Wildman–Crippen LogP) is -9.33. The summed E-state index contributed by atoms with van der Waals surface area (Å²) in [5.74, 6) is -7.60. The van der Waals surface area contributed by atoms with Gasteiger partial charge in [0, 0.05) is 20.3 Å². The van der Waals surface area contributed by atoms with Crippen LogP contribution in [-0.2, 0) is 38.1 Å². The first-order valence-corrected chi connectivity index (χ1v) is 15.3. The maximum absolute atomic E-state index is 12.5. The molecule has 0 unspecified atom stereocenters. The van der Waals surface area contributed by atoms with Crippen molar-refractivity contribution >= 4 is 23.7 Å². The minimum atomic E-state index is -2.98. The molecule has 15 atom stereocenters. The molecule has 0 aromatic rings. The van der Waals surface area contributed by atoms with Gasteiger partial charge in [0.15, 0.2) is 6.29 Å². The Hall–Kier alpha value is -2.72. The zero-order valence-electron chi connectivity index (χ0n) is 27.0. The number of aliphatic hydroxyl groups is 11. The number of carboxylic acids is 1. The predicted molar refractivity (Wildman–Crippen MR) is 157 cm³/mol. The van der Waals surface area contributed by atoms with Crippen molar-refractivity contribution in [2.24, 2.45) is 0 Å². The lowest BCUT2D eigenvalue weighted by Gasteiger charge is -2.47. The van der Waals surface area contributed by atoms with Crippen LogP contribution in [0.15, 0.2) is 0 Å². The monoisotopic (exact) mass is 733 g/mol. The van der Waals surface area contributed by atoms with Crippen LogP contribution in [0.5, 0.6) is 0 Å². The van der Waals surface area contributed by atoms with E-state index in [0.717, 1.165) is 13.8 Å². The van der Waals surface area contributed by atoms with Crippen molar-refractivity contribution in [1.29, 1.82) is 0 Å². The molecule has 0 aliphatic carbocycles. The number of aliphatic hydroxyl groups excluding tert-OH is 11. The molecule has 15 N–H and O–H groups in total. The average Bonchev–Trinajstić information content (AvgIpc) is 3.07. The van der Waals surface area contributed by atoms with E-state index in [2.05, 4.69) is 16.0 Å². The summed E-state index contributed by atoms with van der Waals surface area (Å²) in [6.07, 6.45) is -22.6. The minimum Gasteiger partial charge on any atom is -0.477 e. The van der Waals surface area contributed by atoms with Crippen LogP contribution in [-0.4, -0.2) is 209 Å². The van der Waals surface area contributed by atoms with Crippen LogP contribution in [0.2, 0.25) is 0 Å². The first kappa shape index (κ1) is 43.4. The van der Waals surface area contributed by atoms with Crippen molar-refractivity contribution < 1.29 is 99.4 Å². The highest BCUT2D eigenvalue weighted by atomic mass is 16.7. The summed E-state index contributed by atoms with van der Waals surface area (Å²) in [5.41, 5.74) is 0. The van der Waals surface area contributed by atoms with Crippen LogP contribution in [0.1, 0.15) is 20.3 Å². The third-order valence-electron chi connectivity index (χ3n) is 8.03. The Morgan fingerprint density at radius 3 is 2.02 bits per heavy atom. The normalized spacial score (nSPS) is 33.6. The fourth-order valence-corrected chi connectivity index (χ4v) is 5.46. The van der Waals surface area contributed by atoms with Gasteiger partial charge in [-0.3, -0.25) is 14.4 Å². The quantitative estimate of drug-likeness (QED) is 0.0621. The molecule has 3 amide bonds. The third-order valence-corrected chi connectivity index (χ3v) is 8.03. The summed E-state index contributed by atoms with van der Waals surface area (Å²) in [7, 11) is 0. The van der Waals surface area contributed by atoms with Gasteiger partial charge in [0.05, 0.1) is 44.6 Å². The molecule has 50 heavy (non-hydrogen) atoms. The Kier molecular flexibility index (Phi) is 16.7. The van der Waals surface area contributed by atoms with Crippen LogP contribution in [0.4, 0.5) is 0 Å². The van der Waals surface area contributed by atoms with Crippen LogP contribution >= 0.6 is 0 Å². The molecule has 0 spiro atoms. The number of hydrogen-bond donors (Lipinski definition) is 15. The SMILES string of the molecule is CC(=O)N[C@H]1[C@H](O[C@@H]([C@@H](O)[C@H](O)CO[C@]2(C(=O)O)C[C@H](O)[C@@H](NC(=O)CO)[C@H]([C@H](O)[C@H](O)CO)O2)[C@H](CO)NC(C)=O)O[C@H](CO)[C@H](O)[C@@H]1O. The largest absolute Gasteiger partial charge is 0.477 e. The van der Waals surface area contributed by atoms with Crippen molar-refractivity contribution in [2.75, 3.05) is 33.0 Å². The van der Waals surface area contributed by atoms with Crippen LogP contribution in [0, 0.1) is 0 Å². The van der Waals surface area contributed by atoms with Crippen LogP contribution in [0.25, 0.3) is 0 Å². The van der Waals surface area contributed by atoms with Crippen molar-refractivity contribution in [1.82, 2.24) is 16.0 Å². The third kappa shape index (κ3) is 10.7. The first-order valence-electron chi connectivity index (χ1n) is 15.3. The van der Waals surface area contributed by atoms with Crippen molar-refractivity contribution in [3.63, 3.8) is 0 Å². The first-order chi connectivity index (χ1) is 23.4. The van der Waals surface area contributed by atoms with E-state index in [1.165, 1.54) is 0 Å². The van der Waals surface area contributed by atoms with E-state index in [1.807, 2.05) is 0 Å². The van der Waals surface area contributed by atoms with Crippen LogP contribution in [0.3, 0.4) is 0 Å². The molecule has 0 saturated carbocycles. The molecule has 23 heteroatoms. The van der Waals surface area contributed by atoms with Gasteiger partial charge in [0.2, 0.25) is 17.7 Å². The van der Waals surface area contributed by atoms with E-state index in [-0.39, 0.29) is 0 Å². The molecule has 2 fully saturated rings. The minimum absolute atomic E-state index is 0.756. The Bertz CT molecular complexity index is 1140. The van der Waals surface area contributed by atoms with Gasteiger partial charge in [-0.05, 0) is 0 Å². The summed E-state index contributed by atoms with van der Waals surface area (Å²) in [6.45, 7) is -3.21. The lowest BCUT2D eigenvalue weighted by Crippen LogP contribution is -2.68. The van der Waals surface area contributed by atoms with E-state index in [4.69, 9.17) is 24.1 Å². The van der Waals surface area contributed by atoms with E-state index in [0.29, 0.717) is 0 Å². The Labute approximate surface area is 283 Å². The van der Waals surface area contributed by atoms with Crippen LogP contribution < -0.4 is 16.0 Å². The van der Waals surface area contributed by atoms with Crippen molar-refractivity contribution in [2.45, 2.75) is 112 Å². The fraction of sp³-hybridized carbons (Fsp3) is 0.852. The van der Waals surface area contributed by atoms with Gasteiger partial charge in [-0.15, -0.1) is 0 Å². The lowest BCUT2D eigenvalue weighted by atomic mass is 9.88. The molecule has 23 nitrogen and oxygen atoms in total. The fourth-order valence-electron chi connectivity index (χ4n) is 5.46. The van der Waals surface area contributed by atoms with Gasteiger partial charge in [-0.2, -0.15) is 0 Å². The summed E-state index contributed by atoms with van der Waals surface area (Å²) in [4.78, 5) is 48.1. The molecule has 2 aliphatic heterocycles. The second-order valence-electron chi connectivity index (χ2n) is 11.8. The number of carbonyl (C=O) groups excluding carboxylic acids is 3. The number of ether oxygens (including phenoxy) is 4. The Balaban J connectivity index is 2.43. The molecule has 2 saturated heterocycles. The van der Waals surface area contributed by atoms with Gasteiger partial charge >= 0.3 is 5.97 Å². The second kappa shape index (κ2) is 19.2. The highest BCUT2D eigenvalue weighted by Gasteiger charge is 2.56. The van der Waals surface area contributed by atoms with Crippen molar-refractivity contribution in [3.8, 4) is 0 Å². The number of aliphatic carboxylic acids is 1. The number of amides is 3. The smallest absolute Gasteiger partial charge is 0.364 e. The number of carbonyl (C=O) groups is 4. The van der Waals surface area contributed by atoms with Crippen molar-refractivity contribution in [3.05, 3.63) is 0 Å². The highest BCUT2D eigenvalue weighted by Crippen LogP contribution is 2.34. The molecular formula is C27H47N3O20. The molecular weight excluding hydrogens is 686 g/mol. The lowest BCUT2D eigenvalue weighted by molar-refractivity contribution is -0.320. The van der Waals surface area contributed by atoms with E-state index >= 15 is 0 Å². The van der Waals surface area contributed by atoms with Gasteiger partial charge in [0.1, 0.15) is 67.6 Å². The molecule has 2 rings (SSSR count).